The van der Waals surface area contributed by atoms with Crippen LogP contribution in [-0.2, 0) is 13.6 Å². The fourth-order valence-corrected chi connectivity index (χ4v) is 1.25. The van der Waals surface area contributed by atoms with Crippen LogP contribution >= 0.6 is 0 Å². The molecular weight excluding hydrogens is 228 g/mol. The van der Waals surface area contributed by atoms with Crippen molar-refractivity contribution in [2.75, 3.05) is 0 Å². The average Bonchev–Trinajstić information content (AvgIpc) is 2.91. The summed E-state index contributed by atoms with van der Waals surface area (Å²) in [7, 11) is 1.58. The van der Waals surface area contributed by atoms with Crippen LogP contribution in [0.3, 0.4) is 0 Å². The first-order valence-corrected chi connectivity index (χ1v) is 4.67. The van der Waals surface area contributed by atoms with E-state index in [1.165, 1.54) is 21.6 Å². The zero-order valence-corrected chi connectivity index (χ0v) is 8.95. The highest BCUT2D eigenvalue weighted by molar-refractivity contribution is 5.91. The fraction of sp³-hybridized carbons (Fsp3) is 0.250. The number of hydrazine groups is 1. The third kappa shape index (κ3) is 2.08. The second-order valence-corrected chi connectivity index (χ2v) is 3.33. The summed E-state index contributed by atoms with van der Waals surface area (Å²) in [6, 6.07) is 1.39. The van der Waals surface area contributed by atoms with Crippen LogP contribution in [0.15, 0.2) is 21.7 Å². The van der Waals surface area contributed by atoms with Crippen molar-refractivity contribution in [2.45, 2.75) is 6.54 Å². The molecule has 1 amide bonds. The van der Waals surface area contributed by atoms with Gasteiger partial charge in [0.2, 0.25) is 0 Å². The first kappa shape index (κ1) is 11.1. The molecule has 0 aliphatic rings. The Hall–Kier alpha value is -2.42. The van der Waals surface area contributed by atoms with E-state index in [4.69, 9.17) is 10.4 Å². The zero-order valence-electron chi connectivity index (χ0n) is 8.95. The molecule has 9 heteroatoms. The number of amides is 1. The highest BCUT2D eigenvalue weighted by Gasteiger charge is 2.12. The molecule has 0 atom stereocenters. The highest BCUT2D eigenvalue weighted by atomic mass is 16.5. The molecule has 0 aromatic carbocycles. The summed E-state index contributed by atoms with van der Waals surface area (Å²) >= 11 is 0. The summed E-state index contributed by atoms with van der Waals surface area (Å²) in [4.78, 5) is 22.6. The highest BCUT2D eigenvalue weighted by Crippen LogP contribution is 2.03. The van der Waals surface area contributed by atoms with Gasteiger partial charge >= 0.3 is 5.69 Å². The minimum atomic E-state index is -0.562. The minimum absolute atomic E-state index is 0.0477. The van der Waals surface area contributed by atoms with E-state index in [0.717, 1.165) is 0 Å². The monoisotopic (exact) mass is 238 g/mol. The zero-order chi connectivity index (χ0) is 12.4. The summed E-state index contributed by atoms with van der Waals surface area (Å²) in [5.74, 6) is 4.72. The largest absolute Gasteiger partial charge is 0.359 e. The van der Waals surface area contributed by atoms with Gasteiger partial charge in [0.25, 0.3) is 5.91 Å². The standard InChI is InChI=1S/C8H10N6O3/c1-13-4-10-14(8(13)16)3-5-2-6(12-17-5)7(15)11-9/h2,4H,3,9H2,1H3,(H,11,15). The van der Waals surface area contributed by atoms with Crippen LogP contribution < -0.4 is 17.0 Å². The van der Waals surface area contributed by atoms with Gasteiger partial charge in [-0.15, -0.1) is 0 Å². The van der Waals surface area contributed by atoms with Gasteiger partial charge in [-0.25, -0.2) is 15.3 Å². The van der Waals surface area contributed by atoms with Gasteiger partial charge in [-0.3, -0.25) is 14.8 Å². The first-order chi connectivity index (χ1) is 8.11. The summed E-state index contributed by atoms with van der Waals surface area (Å²) in [6.07, 6.45) is 1.38. The number of rotatable bonds is 3. The summed E-state index contributed by atoms with van der Waals surface area (Å²) in [5.41, 5.74) is 1.69. The number of carbonyl (C=O) groups is 1. The SMILES string of the molecule is Cn1cnn(Cc2cc(C(=O)NN)no2)c1=O. The van der Waals surface area contributed by atoms with Crippen molar-refractivity contribution >= 4 is 5.91 Å². The number of nitrogens with zero attached hydrogens (tertiary/aromatic N) is 4. The van der Waals surface area contributed by atoms with E-state index >= 15 is 0 Å². The smallest absolute Gasteiger partial charge is 0.345 e. The number of hydrogen-bond acceptors (Lipinski definition) is 6. The lowest BCUT2D eigenvalue weighted by molar-refractivity contribution is 0.0944. The molecule has 2 rings (SSSR count). The van der Waals surface area contributed by atoms with Gasteiger partial charge in [0, 0.05) is 13.1 Å². The van der Waals surface area contributed by atoms with Crippen molar-refractivity contribution in [1.29, 1.82) is 0 Å². The molecule has 0 aliphatic heterocycles. The maximum absolute atomic E-state index is 11.5. The number of carbonyl (C=O) groups excluding carboxylic acids is 1. The Bertz CT molecular complexity index is 594. The van der Waals surface area contributed by atoms with Crippen molar-refractivity contribution in [3.05, 3.63) is 34.3 Å². The molecule has 9 nitrogen and oxygen atoms in total. The third-order valence-corrected chi connectivity index (χ3v) is 2.12. The van der Waals surface area contributed by atoms with Crippen LogP contribution in [0.5, 0.6) is 0 Å². The van der Waals surface area contributed by atoms with E-state index in [-0.39, 0.29) is 17.9 Å². The third-order valence-electron chi connectivity index (χ3n) is 2.12. The van der Waals surface area contributed by atoms with Crippen molar-refractivity contribution in [3.63, 3.8) is 0 Å². The molecular formula is C8H10N6O3. The second kappa shape index (κ2) is 4.22. The molecule has 0 saturated heterocycles. The topological polar surface area (TPSA) is 121 Å². The molecule has 0 radical (unpaired) electrons. The van der Waals surface area contributed by atoms with Gasteiger partial charge in [-0.05, 0) is 0 Å². The molecule has 2 aromatic rings. The Morgan fingerprint density at radius 3 is 3.00 bits per heavy atom. The van der Waals surface area contributed by atoms with E-state index in [9.17, 15) is 9.59 Å². The Balaban J connectivity index is 2.20. The van der Waals surface area contributed by atoms with Gasteiger partial charge in [-0.2, -0.15) is 5.10 Å². The fourth-order valence-electron chi connectivity index (χ4n) is 1.25. The molecule has 0 saturated carbocycles. The van der Waals surface area contributed by atoms with Gasteiger partial charge in [0.1, 0.15) is 12.9 Å². The maximum Gasteiger partial charge on any atom is 0.345 e. The Morgan fingerprint density at radius 2 is 2.41 bits per heavy atom. The predicted molar refractivity (Wildman–Crippen MR) is 54.7 cm³/mol. The van der Waals surface area contributed by atoms with Gasteiger partial charge in [-0.1, -0.05) is 5.16 Å². The molecule has 0 unspecified atom stereocenters. The molecule has 0 fully saturated rings. The van der Waals surface area contributed by atoms with Crippen LogP contribution in [-0.4, -0.2) is 25.4 Å². The van der Waals surface area contributed by atoms with Gasteiger partial charge < -0.3 is 4.52 Å². The summed E-state index contributed by atoms with van der Waals surface area (Å²) in [5, 5.41) is 7.34. The molecule has 2 heterocycles. The first-order valence-electron chi connectivity index (χ1n) is 4.67. The van der Waals surface area contributed by atoms with Crippen molar-refractivity contribution in [1.82, 2.24) is 24.9 Å². The number of nitrogens with two attached hydrogens (primary N) is 1. The van der Waals surface area contributed by atoms with E-state index in [0.29, 0.717) is 5.76 Å². The molecule has 3 N–H and O–H groups in total. The van der Waals surface area contributed by atoms with Crippen LogP contribution in [0.1, 0.15) is 16.2 Å². The molecule has 0 aliphatic carbocycles. The Morgan fingerprint density at radius 1 is 1.65 bits per heavy atom. The lowest BCUT2D eigenvalue weighted by Gasteiger charge is -1.93. The van der Waals surface area contributed by atoms with E-state index in [2.05, 4.69) is 10.3 Å². The van der Waals surface area contributed by atoms with E-state index in [1.807, 2.05) is 5.43 Å². The lowest BCUT2D eigenvalue weighted by atomic mass is 10.3. The maximum atomic E-state index is 11.5. The molecule has 0 spiro atoms. The number of aryl methyl sites for hydroxylation is 1. The minimum Gasteiger partial charge on any atom is -0.359 e. The lowest BCUT2D eigenvalue weighted by Crippen LogP contribution is -2.30. The molecule has 2 aromatic heterocycles. The number of nitrogen functional groups attached to an aromatic ring is 1. The Labute approximate surface area is 94.8 Å². The average molecular weight is 238 g/mol. The van der Waals surface area contributed by atoms with Crippen LogP contribution in [0.25, 0.3) is 0 Å². The molecule has 90 valence electrons. The van der Waals surface area contributed by atoms with E-state index < -0.39 is 5.91 Å². The summed E-state index contributed by atoms with van der Waals surface area (Å²) in [6.45, 7) is 0.102. The van der Waals surface area contributed by atoms with Crippen molar-refractivity contribution in [3.8, 4) is 0 Å². The van der Waals surface area contributed by atoms with Crippen LogP contribution in [0, 0.1) is 0 Å². The number of hydrogen-bond donors (Lipinski definition) is 2. The van der Waals surface area contributed by atoms with Crippen LogP contribution in [0.2, 0.25) is 0 Å². The van der Waals surface area contributed by atoms with Gasteiger partial charge in [0.15, 0.2) is 11.5 Å². The molecule has 0 bridgehead atoms. The normalized spacial score (nSPS) is 10.5. The van der Waals surface area contributed by atoms with Crippen LogP contribution in [0.4, 0.5) is 0 Å². The summed E-state index contributed by atoms with van der Waals surface area (Å²) < 4.78 is 7.39. The van der Waals surface area contributed by atoms with Crippen molar-refractivity contribution < 1.29 is 9.32 Å². The van der Waals surface area contributed by atoms with E-state index in [1.54, 1.807) is 7.05 Å². The Kier molecular flexibility index (Phi) is 2.75. The molecule has 17 heavy (non-hydrogen) atoms. The number of aromatic nitrogens is 4. The number of nitrogens with one attached hydrogen (secondary N) is 1. The van der Waals surface area contributed by atoms with Gasteiger partial charge in [0.05, 0.1) is 0 Å². The second-order valence-electron chi connectivity index (χ2n) is 3.33. The van der Waals surface area contributed by atoms with Crippen molar-refractivity contribution in [2.24, 2.45) is 12.9 Å². The predicted octanol–water partition coefficient (Wildman–Crippen LogP) is -1.78. The quantitative estimate of drug-likeness (QED) is 0.370.